The van der Waals surface area contributed by atoms with Gasteiger partial charge in [-0.2, -0.15) is 0 Å². The zero-order valence-electron chi connectivity index (χ0n) is 12.0. The molecule has 0 heterocycles. The van der Waals surface area contributed by atoms with Crippen molar-refractivity contribution in [3.8, 4) is 0 Å². The van der Waals surface area contributed by atoms with Crippen molar-refractivity contribution in [2.24, 2.45) is 0 Å². The first-order valence-corrected chi connectivity index (χ1v) is 7.00. The summed E-state index contributed by atoms with van der Waals surface area (Å²) in [6.45, 7) is 2.03. The SMILES string of the molecule is Cc1cccc(CC(=O)c2cc3ccccc3cc2N)c1. The highest BCUT2D eigenvalue weighted by molar-refractivity contribution is 6.05. The molecular weight excluding hydrogens is 258 g/mol. The van der Waals surface area contributed by atoms with Crippen molar-refractivity contribution in [3.05, 3.63) is 77.4 Å². The summed E-state index contributed by atoms with van der Waals surface area (Å²) in [6, 6.07) is 19.7. The maximum atomic E-state index is 12.5. The van der Waals surface area contributed by atoms with Gasteiger partial charge >= 0.3 is 0 Å². The summed E-state index contributed by atoms with van der Waals surface area (Å²) in [7, 11) is 0. The summed E-state index contributed by atoms with van der Waals surface area (Å²) in [5, 5.41) is 2.10. The van der Waals surface area contributed by atoms with Crippen LogP contribution in [0, 0.1) is 6.92 Å². The molecule has 0 aliphatic carbocycles. The van der Waals surface area contributed by atoms with Gasteiger partial charge in [-0.1, -0.05) is 54.1 Å². The van der Waals surface area contributed by atoms with E-state index in [9.17, 15) is 4.79 Å². The van der Waals surface area contributed by atoms with Crippen LogP contribution in [0.3, 0.4) is 0 Å². The quantitative estimate of drug-likeness (QED) is 0.576. The Kier molecular flexibility index (Phi) is 3.44. The number of fused-ring (bicyclic) bond motifs is 1. The molecule has 0 aliphatic rings. The molecule has 2 heteroatoms. The van der Waals surface area contributed by atoms with Crippen LogP contribution in [0.2, 0.25) is 0 Å². The molecule has 2 N–H and O–H groups in total. The highest BCUT2D eigenvalue weighted by Crippen LogP contribution is 2.23. The van der Waals surface area contributed by atoms with E-state index in [4.69, 9.17) is 5.73 Å². The molecule has 0 unspecified atom stereocenters. The van der Waals surface area contributed by atoms with Gasteiger partial charge in [0.25, 0.3) is 0 Å². The number of ketones is 1. The van der Waals surface area contributed by atoms with Crippen LogP contribution in [0.5, 0.6) is 0 Å². The minimum Gasteiger partial charge on any atom is -0.398 e. The lowest BCUT2D eigenvalue weighted by atomic mass is 9.98. The van der Waals surface area contributed by atoms with Gasteiger partial charge in [0.1, 0.15) is 0 Å². The minimum absolute atomic E-state index is 0.0591. The summed E-state index contributed by atoms with van der Waals surface area (Å²) >= 11 is 0. The lowest BCUT2D eigenvalue weighted by Gasteiger charge is -2.08. The molecule has 104 valence electrons. The second-order valence-corrected chi connectivity index (χ2v) is 5.38. The second-order valence-electron chi connectivity index (χ2n) is 5.38. The van der Waals surface area contributed by atoms with E-state index in [1.54, 1.807) is 0 Å². The van der Waals surface area contributed by atoms with Crippen LogP contribution in [0.1, 0.15) is 21.5 Å². The third-order valence-electron chi connectivity index (χ3n) is 3.67. The smallest absolute Gasteiger partial charge is 0.169 e. The van der Waals surface area contributed by atoms with Crippen molar-refractivity contribution in [3.63, 3.8) is 0 Å². The first-order chi connectivity index (χ1) is 10.1. The molecule has 0 bridgehead atoms. The van der Waals surface area contributed by atoms with Gasteiger partial charge < -0.3 is 5.73 Å². The van der Waals surface area contributed by atoms with Crippen LogP contribution in [0.15, 0.2) is 60.7 Å². The van der Waals surface area contributed by atoms with E-state index in [2.05, 4.69) is 0 Å². The van der Waals surface area contributed by atoms with Gasteiger partial charge in [-0.25, -0.2) is 0 Å². The third kappa shape index (κ3) is 2.79. The van der Waals surface area contributed by atoms with Crippen molar-refractivity contribution in [2.45, 2.75) is 13.3 Å². The van der Waals surface area contributed by atoms with Crippen molar-refractivity contribution in [1.29, 1.82) is 0 Å². The summed E-state index contributed by atoms with van der Waals surface area (Å²) in [5.74, 6) is 0.0591. The molecule has 0 saturated heterocycles. The number of hydrogen-bond acceptors (Lipinski definition) is 2. The lowest BCUT2D eigenvalue weighted by molar-refractivity contribution is 0.0994. The number of Topliss-reactive ketones (excluding diaryl/α,β-unsaturated/α-hetero) is 1. The topological polar surface area (TPSA) is 43.1 Å². The average Bonchev–Trinajstić information content (AvgIpc) is 2.46. The van der Waals surface area contributed by atoms with Gasteiger partial charge in [-0.05, 0) is 35.4 Å². The molecule has 0 atom stereocenters. The number of nitrogens with two attached hydrogens (primary N) is 1. The molecule has 3 rings (SSSR count). The Bertz CT molecular complexity index is 821. The molecule has 3 aromatic rings. The van der Waals surface area contributed by atoms with E-state index in [1.807, 2.05) is 67.6 Å². The summed E-state index contributed by atoms with van der Waals surface area (Å²) in [6.07, 6.45) is 0.379. The van der Waals surface area contributed by atoms with Gasteiger partial charge in [0, 0.05) is 17.7 Å². The Hall–Kier alpha value is -2.61. The zero-order chi connectivity index (χ0) is 14.8. The number of rotatable bonds is 3. The first kappa shape index (κ1) is 13.4. The Morgan fingerprint density at radius 3 is 2.38 bits per heavy atom. The Labute approximate surface area is 124 Å². The van der Waals surface area contributed by atoms with Gasteiger partial charge in [-0.15, -0.1) is 0 Å². The van der Waals surface area contributed by atoms with Gasteiger partial charge in [-0.3, -0.25) is 4.79 Å². The Morgan fingerprint density at radius 2 is 1.67 bits per heavy atom. The van der Waals surface area contributed by atoms with Crippen LogP contribution >= 0.6 is 0 Å². The van der Waals surface area contributed by atoms with Crippen LogP contribution < -0.4 is 5.73 Å². The van der Waals surface area contributed by atoms with Crippen molar-refractivity contribution < 1.29 is 4.79 Å². The van der Waals surface area contributed by atoms with E-state index in [1.165, 1.54) is 0 Å². The zero-order valence-corrected chi connectivity index (χ0v) is 12.0. The molecule has 0 amide bonds. The first-order valence-electron chi connectivity index (χ1n) is 7.00. The predicted octanol–water partition coefficient (Wildman–Crippen LogP) is 4.16. The molecule has 21 heavy (non-hydrogen) atoms. The standard InChI is InChI=1S/C19H17NO/c1-13-5-4-6-14(9-13)10-19(21)17-11-15-7-2-3-8-16(15)12-18(17)20/h2-9,11-12H,10,20H2,1H3. The summed E-state index contributed by atoms with van der Waals surface area (Å²) in [4.78, 5) is 12.5. The minimum atomic E-state index is 0.0591. The molecule has 0 aromatic heterocycles. The van der Waals surface area contributed by atoms with Crippen LogP contribution in [0.4, 0.5) is 5.69 Å². The van der Waals surface area contributed by atoms with Gasteiger partial charge in [0.2, 0.25) is 0 Å². The van der Waals surface area contributed by atoms with E-state index < -0.39 is 0 Å². The fourth-order valence-electron chi connectivity index (χ4n) is 2.60. The highest BCUT2D eigenvalue weighted by Gasteiger charge is 2.12. The maximum Gasteiger partial charge on any atom is 0.169 e. The highest BCUT2D eigenvalue weighted by atomic mass is 16.1. The van der Waals surface area contributed by atoms with E-state index in [-0.39, 0.29) is 5.78 Å². The predicted molar refractivity (Wildman–Crippen MR) is 87.6 cm³/mol. The van der Waals surface area contributed by atoms with E-state index >= 15 is 0 Å². The van der Waals surface area contributed by atoms with E-state index in [0.29, 0.717) is 17.7 Å². The molecule has 2 nitrogen and oxygen atoms in total. The molecule has 0 aliphatic heterocycles. The largest absolute Gasteiger partial charge is 0.398 e. The maximum absolute atomic E-state index is 12.5. The molecule has 3 aromatic carbocycles. The third-order valence-corrected chi connectivity index (χ3v) is 3.67. The average molecular weight is 275 g/mol. The number of hydrogen-bond donors (Lipinski definition) is 1. The number of anilines is 1. The lowest BCUT2D eigenvalue weighted by Crippen LogP contribution is -2.07. The van der Waals surface area contributed by atoms with Crippen LogP contribution in [0.25, 0.3) is 10.8 Å². The molecule has 0 spiro atoms. The number of carbonyl (C=O) groups excluding carboxylic acids is 1. The van der Waals surface area contributed by atoms with E-state index in [0.717, 1.165) is 21.9 Å². The molecular formula is C19H17NO. The molecule has 0 saturated carbocycles. The number of nitrogen functional groups attached to an aromatic ring is 1. The Balaban J connectivity index is 1.96. The second kappa shape index (κ2) is 5.41. The van der Waals surface area contributed by atoms with Gasteiger partial charge in [0.05, 0.1) is 0 Å². The van der Waals surface area contributed by atoms with Crippen molar-refractivity contribution in [2.75, 3.05) is 5.73 Å². The van der Waals surface area contributed by atoms with Crippen LogP contribution in [-0.2, 0) is 6.42 Å². The normalized spacial score (nSPS) is 10.7. The van der Waals surface area contributed by atoms with Gasteiger partial charge in [0.15, 0.2) is 5.78 Å². The monoisotopic (exact) mass is 275 g/mol. The summed E-state index contributed by atoms with van der Waals surface area (Å²) < 4.78 is 0. The van der Waals surface area contributed by atoms with Crippen molar-refractivity contribution in [1.82, 2.24) is 0 Å². The Morgan fingerprint density at radius 1 is 0.952 bits per heavy atom. The molecule has 0 fully saturated rings. The number of aryl methyl sites for hydroxylation is 1. The summed E-state index contributed by atoms with van der Waals surface area (Å²) in [5.41, 5.74) is 9.38. The number of carbonyl (C=O) groups is 1. The van der Waals surface area contributed by atoms with Crippen molar-refractivity contribution >= 4 is 22.2 Å². The van der Waals surface area contributed by atoms with Crippen LogP contribution in [-0.4, -0.2) is 5.78 Å². The molecule has 0 radical (unpaired) electrons. The fraction of sp³-hybridized carbons (Fsp3) is 0.105. The number of benzene rings is 3. The fourth-order valence-corrected chi connectivity index (χ4v) is 2.60.